The van der Waals surface area contributed by atoms with Gasteiger partial charge in [0, 0.05) is 23.7 Å². The van der Waals surface area contributed by atoms with E-state index in [0.717, 1.165) is 39.0 Å². The third-order valence-corrected chi connectivity index (χ3v) is 4.38. The van der Waals surface area contributed by atoms with E-state index in [9.17, 15) is 0 Å². The molecular formula is C15H17Br2N3O. The van der Waals surface area contributed by atoms with Crippen LogP contribution in [-0.2, 0) is 11.3 Å². The molecule has 0 saturated heterocycles. The van der Waals surface area contributed by atoms with Crippen molar-refractivity contribution < 1.29 is 4.74 Å². The summed E-state index contributed by atoms with van der Waals surface area (Å²) in [5.74, 6) is 1.47. The molecule has 0 atom stereocenters. The first kappa shape index (κ1) is 16.4. The zero-order valence-corrected chi connectivity index (χ0v) is 15.2. The largest absolute Gasteiger partial charge is 0.378 e. The number of anilines is 1. The Kier molecular flexibility index (Phi) is 6.14. The standard InChI is InChI=1S/C15H17Br2N3O/c1-3-8-18-15-13(17)12(9-21-2)19-14(20-15)10-6-4-5-7-11(10)16/h4-7H,3,8-9H2,1-2H3,(H,18,19,20). The number of ether oxygens (including phenoxy) is 1. The molecule has 0 unspecified atom stereocenters. The number of nitrogens with one attached hydrogen (secondary N) is 1. The lowest BCUT2D eigenvalue weighted by atomic mass is 10.2. The van der Waals surface area contributed by atoms with Gasteiger partial charge in [0.05, 0.1) is 16.8 Å². The van der Waals surface area contributed by atoms with Gasteiger partial charge < -0.3 is 10.1 Å². The van der Waals surface area contributed by atoms with E-state index in [1.54, 1.807) is 7.11 Å². The fourth-order valence-electron chi connectivity index (χ4n) is 1.85. The van der Waals surface area contributed by atoms with Crippen molar-refractivity contribution in [1.29, 1.82) is 0 Å². The Morgan fingerprint density at radius 1 is 1.19 bits per heavy atom. The number of methoxy groups -OCH3 is 1. The smallest absolute Gasteiger partial charge is 0.163 e. The Hall–Kier alpha value is -0.980. The Morgan fingerprint density at radius 3 is 2.62 bits per heavy atom. The van der Waals surface area contributed by atoms with Crippen molar-refractivity contribution in [2.75, 3.05) is 19.0 Å². The SMILES string of the molecule is CCCNc1nc(-c2ccccc2Br)nc(COC)c1Br. The average molecular weight is 415 g/mol. The van der Waals surface area contributed by atoms with Crippen LogP contribution in [0.25, 0.3) is 11.4 Å². The molecule has 0 radical (unpaired) electrons. The molecule has 0 aliphatic rings. The Balaban J connectivity index is 2.50. The first-order valence-electron chi connectivity index (χ1n) is 6.71. The van der Waals surface area contributed by atoms with Crippen LogP contribution in [0.1, 0.15) is 19.0 Å². The molecule has 6 heteroatoms. The van der Waals surface area contributed by atoms with Gasteiger partial charge in [-0.3, -0.25) is 0 Å². The minimum Gasteiger partial charge on any atom is -0.378 e. The molecule has 2 rings (SSSR count). The summed E-state index contributed by atoms with van der Waals surface area (Å²) >= 11 is 7.11. The van der Waals surface area contributed by atoms with Gasteiger partial charge in [0.25, 0.3) is 0 Å². The lowest BCUT2D eigenvalue weighted by molar-refractivity contribution is 0.181. The summed E-state index contributed by atoms with van der Waals surface area (Å²) in [6.07, 6.45) is 1.03. The molecule has 112 valence electrons. The van der Waals surface area contributed by atoms with Crippen molar-refractivity contribution in [3.63, 3.8) is 0 Å². The lowest BCUT2D eigenvalue weighted by Gasteiger charge is -2.13. The molecule has 4 nitrogen and oxygen atoms in total. The van der Waals surface area contributed by atoms with Gasteiger partial charge in [-0.2, -0.15) is 0 Å². The number of hydrogen-bond acceptors (Lipinski definition) is 4. The summed E-state index contributed by atoms with van der Waals surface area (Å²) in [5.41, 5.74) is 1.79. The molecule has 21 heavy (non-hydrogen) atoms. The maximum absolute atomic E-state index is 5.23. The third kappa shape index (κ3) is 4.02. The van der Waals surface area contributed by atoms with Crippen LogP contribution in [0.2, 0.25) is 0 Å². The highest BCUT2D eigenvalue weighted by molar-refractivity contribution is 9.11. The van der Waals surface area contributed by atoms with E-state index in [4.69, 9.17) is 4.74 Å². The molecule has 0 bridgehead atoms. The highest BCUT2D eigenvalue weighted by Crippen LogP contribution is 2.31. The van der Waals surface area contributed by atoms with Crippen LogP contribution in [0.15, 0.2) is 33.2 Å². The van der Waals surface area contributed by atoms with E-state index in [2.05, 4.69) is 54.1 Å². The molecule has 0 aliphatic carbocycles. The summed E-state index contributed by atoms with van der Waals surface area (Å²) in [4.78, 5) is 9.24. The maximum Gasteiger partial charge on any atom is 0.163 e. The van der Waals surface area contributed by atoms with Gasteiger partial charge in [-0.05, 0) is 28.4 Å². The monoisotopic (exact) mass is 413 g/mol. The minimum atomic E-state index is 0.432. The fraction of sp³-hybridized carbons (Fsp3) is 0.333. The van der Waals surface area contributed by atoms with Crippen LogP contribution >= 0.6 is 31.9 Å². The first-order valence-corrected chi connectivity index (χ1v) is 8.30. The van der Waals surface area contributed by atoms with E-state index in [1.807, 2.05) is 24.3 Å². The normalized spacial score (nSPS) is 10.7. The Labute approximate surface area is 141 Å². The second-order valence-electron chi connectivity index (χ2n) is 4.50. The molecular weight excluding hydrogens is 398 g/mol. The quantitative estimate of drug-likeness (QED) is 0.747. The second-order valence-corrected chi connectivity index (χ2v) is 6.14. The van der Waals surface area contributed by atoms with Gasteiger partial charge in [0.2, 0.25) is 0 Å². The minimum absolute atomic E-state index is 0.432. The summed E-state index contributed by atoms with van der Waals surface area (Å²) < 4.78 is 7.05. The molecule has 1 aromatic heterocycles. The van der Waals surface area contributed by atoms with Crippen LogP contribution in [0.4, 0.5) is 5.82 Å². The van der Waals surface area contributed by atoms with Crippen molar-refractivity contribution in [3.05, 3.63) is 38.9 Å². The summed E-state index contributed by atoms with van der Waals surface area (Å²) in [6.45, 7) is 3.41. The van der Waals surface area contributed by atoms with Gasteiger partial charge in [-0.25, -0.2) is 9.97 Å². The number of benzene rings is 1. The molecule has 0 fully saturated rings. The maximum atomic E-state index is 5.23. The van der Waals surface area contributed by atoms with Crippen LogP contribution < -0.4 is 5.32 Å². The van der Waals surface area contributed by atoms with Gasteiger partial charge in [0.15, 0.2) is 5.82 Å². The summed E-state index contributed by atoms with van der Waals surface area (Å²) in [7, 11) is 1.66. The highest BCUT2D eigenvalue weighted by atomic mass is 79.9. The molecule has 0 amide bonds. The Morgan fingerprint density at radius 2 is 1.95 bits per heavy atom. The van der Waals surface area contributed by atoms with Gasteiger partial charge in [0.1, 0.15) is 5.82 Å². The lowest BCUT2D eigenvalue weighted by Crippen LogP contribution is -2.08. The molecule has 0 saturated carbocycles. The van der Waals surface area contributed by atoms with E-state index >= 15 is 0 Å². The number of rotatable bonds is 6. The van der Waals surface area contributed by atoms with Crippen molar-refractivity contribution in [1.82, 2.24) is 9.97 Å². The predicted molar refractivity (Wildman–Crippen MR) is 92.4 cm³/mol. The number of aromatic nitrogens is 2. The third-order valence-electron chi connectivity index (χ3n) is 2.86. The highest BCUT2D eigenvalue weighted by Gasteiger charge is 2.14. The van der Waals surface area contributed by atoms with Gasteiger partial charge in [-0.15, -0.1) is 0 Å². The van der Waals surface area contributed by atoms with Crippen molar-refractivity contribution in [2.24, 2.45) is 0 Å². The van der Waals surface area contributed by atoms with E-state index in [-0.39, 0.29) is 0 Å². The molecule has 0 spiro atoms. The van der Waals surface area contributed by atoms with Crippen molar-refractivity contribution in [2.45, 2.75) is 20.0 Å². The first-order chi connectivity index (χ1) is 10.2. The molecule has 1 aromatic carbocycles. The topological polar surface area (TPSA) is 47.0 Å². The number of nitrogens with zero attached hydrogens (tertiary/aromatic N) is 2. The summed E-state index contributed by atoms with van der Waals surface area (Å²) in [5, 5.41) is 3.32. The Bertz CT molecular complexity index is 620. The number of halogens is 2. The molecule has 0 aliphatic heterocycles. The van der Waals surface area contributed by atoms with Crippen molar-refractivity contribution >= 4 is 37.7 Å². The van der Waals surface area contributed by atoms with E-state index < -0.39 is 0 Å². The number of hydrogen-bond donors (Lipinski definition) is 1. The van der Waals surface area contributed by atoms with Gasteiger partial charge >= 0.3 is 0 Å². The second kappa shape index (κ2) is 7.87. The molecule has 2 aromatic rings. The van der Waals surface area contributed by atoms with Crippen LogP contribution in [-0.4, -0.2) is 23.6 Å². The summed E-state index contributed by atoms with van der Waals surface area (Å²) in [6, 6.07) is 7.92. The molecule has 1 N–H and O–H groups in total. The van der Waals surface area contributed by atoms with Crippen molar-refractivity contribution in [3.8, 4) is 11.4 Å². The zero-order valence-electron chi connectivity index (χ0n) is 12.0. The van der Waals surface area contributed by atoms with Gasteiger partial charge in [-0.1, -0.05) is 41.1 Å². The van der Waals surface area contributed by atoms with Crippen LogP contribution in [0.3, 0.4) is 0 Å². The van der Waals surface area contributed by atoms with E-state index in [0.29, 0.717) is 12.4 Å². The van der Waals surface area contributed by atoms with E-state index in [1.165, 1.54) is 0 Å². The predicted octanol–water partition coefficient (Wildman–Crippen LogP) is 4.64. The van der Waals surface area contributed by atoms with Crippen LogP contribution in [0.5, 0.6) is 0 Å². The fourth-order valence-corrected chi connectivity index (χ4v) is 2.74. The zero-order chi connectivity index (χ0) is 15.2. The van der Waals surface area contributed by atoms with Crippen LogP contribution in [0, 0.1) is 0 Å². The molecule has 1 heterocycles. The average Bonchev–Trinajstić information content (AvgIpc) is 2.49.